The van der Waals surface area contributed by atoms with Gasteiger partial charge in [0.2, 0.25) is 0 Å². The van der Waals surface area contributed by atoms with Gasteiger partial charge in [-0.2, -0.15) is 0 Å². The number of methoxy groups -OCH3 is 1. The molecule has 0 aliphatic heterocycles. The Morgan fingerprint density at radius 1 is 1.45 bits per heavy atom. The maximum absolute atomic E-state index is 10.9. The second-order valence-corrected chi connectivity index (χ2v) is 5.32. The molecule has 110 valence electrons. The summed E-state index contributed by atoms with van der Waals surface area (Å²) >= 11 is 0. The molecular formula is C16H23NO3. The highest BCUT2D eigenvalue weighted by atomic mass is 16.5. The maximum Gasteiger partial charge on any atom is 0.122 e. The molecule has 20 heavy (non-hydrogen) atoms. The predicted octanol–water partition coefficient (Wildman–Crippen LogP) is 2.17. The minimum absolute atomic E-state index is 0.164. The molecule has 1 aliphatic rings. The van der Waals surface area contributed by atoms with Gasteiger partial charge >= 0.3 is 0 Å². The number of phenols is 1. The van der Waals surface area contributed by atoms with Crippen molar-refractivity contribution in [1.29, 1.82) is 0 Å². The van der Waals surface area contributed by atoms with Crippen molar-refractivity contribution in [1.82, 2.24) is 5.32 Å². The molecule has 1 aliphatic carbocycles. The molecule has 0 aromatic heterocycles. The number of phenolic OH excluding ortho intramolecular Hbond substituents is 1. The number of ether oxygens (including phenoxy) is 1. The van der Waals surface area contributed by atoms with Crippen molar-refractivity contribution in [2.24, 2.45) is 0 Å². The third-order valence-corrected chi connectivity index (χ3v) is 3.98. The number of allylic oxidation sites excluding steroid dienone is 1. The number of nitrogens with one attached hydrogen (secondary N) is 1. The molecule has 4 nitrogen and oxygen atoms in total. The average molecular weight is 277 g/mol. The molecule has 2 atom stereocenters. The zero-order valence-electron chi connectivity index (χ0n) is 12.1. The number of likely N-dealkylation sites (N-methyl/N-ethyl adjacent to an activating group) is 1. The van der Waals surface area contributed by atoms with Gasteiger partial charge in [0, 0.05) is 24.1 Å². The van der Waals surface area contributed by atoms with Crippen molar-refractivity contribution in [3.63, 3.8) is 0 Å². The van der Waals surface area contributed by atoms with Crippen LogP contribution in [0.5, 0.6) is 11.5 Å². The molecule has 3 N–H and O–H groups in total. The molecular weight excluding hydrogens is 254 g/mol. The first-order valence-electron chi connectivity index (χ1n) is 7.02. The minimum atomic E-state index is -0.909. The summed E-state index contributed by atoms with van der Waals surface area (Å²) in [7, 11) is 3.42. The summed E-state index contributed by atoms with van der Waals surface area (Å²) in [4.78, 5) is 0. The Morgan fingerprint density at radius 3 is 2.80 bits per heavy atom. The zero-order valence-corrected chi connectivity index (χ0v) is 12.1. The highest BCUT2D eigenvalue weighted by Crippen LogP contribution is 2.40. The third-order valence-electron chi connectivity index (χ3n) is 3.98. The number of benzene rings is 1. The monoisotopic (exact) mass is 277 g/mol. The number of aliphatic hydroxyl groups is 1. The molecule has 0 amide bonds. The average Bonchev–Trinajstić information content (AvgIpc) is 2.46. The Balaban J connectivity index is 2.37. The lowest BCUT2D eigenvalue weighted by atomic mass is 9.76. The standard InChI is InChI=1S/C16H23NO3/c1-17-11-14(16(19)8-4-3-5-9-16)13-7-6-12(20-2)10-15(13)18/h4,6-8,10,14,17-19H,3,5,9,11H2,1-2H3. The van der Waals surface area contributed by atoms with Gasteiger partial charge in [-0.1, -0.05) is 18.2 Å². The Bertz CT molecular complexity index is 487. The lowest BCUT2D eigenvalue weighted by Crippen LogP contribution is -2.40. The van der Waals surface area contributed by atoms with Crippen molar-refractivity contribution >= 4 is 0 Å². The molecule has 0 fully saturated rings. The van der Waals surface area contributed by atoms with Crippen LogP contribution in [0.4, 0.5) is 0 Å². The first-order chi connectivity index (χ1) is 9.60. The summed E-state index contributed by atoms with van der Waals surface area (Å²) in [6.07, 6.45) is 6.57. The third kappa shape index (κ3) is 2.97. The molecule has 0 heterocycles. The van der Waals surface area contributed by atoms with Crippen molar-refractivity contribution in [2.75, 3.05) is 20.7 Å². The summed E-state index contributed by atoms with van der Waals surface area (Å²) < 4.78 is 5.11. The second-order valence-electron chi connectivity index (χ2n) is 5.32. The smallest absolute Gasteiger partial charge is 0.122 e. The summed E-state index contributed by atoms with van der Waals surface area (Å²) in [5.41, 5.74) is -0.165. The van der Waals surface area contributed by atoms with E-state index in [9.17, 15) is 10.2 Å². The fraction of sp³-hybridized carbons (Fsp3) is 0.500. The van der Waals surface area contributed by atoms with Crippen LogP contribution in [-0.2, 0) is 0 Å². The summed E-state index contributed by atoms with van der Waals surface area (Å²) in [6.45, 7) is 0.598. The first kappa shape index (κ1) is 14.9. The SMILES string of the molecule is CNCC(c1ccc(OC)cc1O)C1(O)C=CCCC1. The van der Waals surface area contributed by atoms with Gasteiger partial charge in [-0.3, -0.25) is 0 Å². The van der Waals surface area contributed by atoms with E-state index < -0.39 is 5.60 Å². The molecule has 0 saturated heterocycles. The lowest BCUT2D eigenvalue weighted by molar-refractivity contribution is 0.0449. The number of aromatic hydroxyl groups is 1. The molecule has 0 spiro atoms. The van der Waals surface area contributed by atoms with Gasteiger partial charge < -0.3 is 20.3 Å². The fourth-order valence-corrected chi connectivity index (χ4v) is 2.87. The van der Waals surface area contributed by atoms with E-state index in [-0.39, 0.29) is 11.7 Å². The molecule has 1 aromatic carbocycles. The van der Waals surface area contributed by atoms with Crippen LogP contribution >= 0.6 is 0 Å². The Hall–Kier alpha value is -1.52. The van der Waals surface area contributed by atoms with Gasteiger partial charge in [0.05, 0.1) is 12.7 Å². The largest absolute Gasteiger partial charge is 0.508 e. The molecule has 4 heteroatoms. The Labute approximate surface area is 120 Å². The molecule has 2 unspecified atom stereocenters. The zero-order chi connectivity index (χ0) is 14.6. The fourth-order valence-electron chi connectivity index (χ4n) is 2.87. The van der Waals surface area contributed by atoms with E-state index in [0.29, 0.717) is 18.7 Å². The maximum atomic E-state index is 10.9. The van der Waals surface area contributed by atoms with Crippen LogP contribution in [0.15, 0.2) is 30.4 Å². The lowest BCUT2D eigenvalue weighted by Gasteiger charge is -2.36. The summed E-state index contributed by atoms with van der Waals surface area (Å²) in [5, 5.41) is 24.2. The van der Waals surface area contributed by atoms with Crippen molar-refractivity contribution in [3.05, 3.63) is 35.9 Å². The van der Waals surface area contributed by atoms with E-state index >= 15 is 0 Å². The topological polar surface area (TPSA) is 61.7 Å². The van der Waals surface area contributed by atoms with E-state index in [1.54, 1.807) is 13.2 Å². The van der Waals surface area contributed by atoms with Crippen LogP contribution in [-0.4, -0.2) is 36.5 Å². The first-order valence-corrected chi connectivity index (χ1v) is 7.02. The molecule has 1 aromatic rings. The van der Waals surface area contributed by atoms with E-state index in [0.717, 1.165) is 18.4 Å². The van der Waals surface area contributed by atoms with Crippen LogP contribution in [0.25, 0.3) is 0 Å². The normalized spacial score (nSPS) is 23.6. The number of rotatable bonds is 5. The highest BCUT2D eigenvalue weighted by Gasteiger charge is 2.37. The van der Waals surface area contributed by atoms with Gasteiger partial charge in [0.1, 0.15) is 11.5 Å². The predicted molar refractivity (Wildman–Crippen MR) is 79.3 cm³/mol. The Morgan fingerprint density at radius 2 is 2.25 bits per heavy atom. The molecule has 2 rings (SSSR count). The summed E-state index contributed by atoms with van der Waals surface area (Å²) in [6, 6.07) is 5.23. The van der Waals surface area contributed by atoms with E-state index in [4.69, 9.17) is 4.74 Å². The summed E-state index contributed by atoms with van der Waals surface area (Å²) in [5.74, 6) is 0.590. The molecule has 0 bridgehead atoms. The van der Waals surface area contributed by atoms with Crippen LogP contribution in [0, 0.1) is 0 Å². The van der Waals surface area contributed by atoms with Gasteiger partial charge in [-0.15, -0.1) is 0 Å². The van der Waals surface area contributed by atoms with Crippen molar-refractivity contribution in [3.8, 4) is 11.5 Å². The Kier molecular flexibility index (Phi) is 4.68. The van der Waals surface area contributed by atoms with Crippen LogP contribution in [0.2, 0.25) is 0 Å². The highest BCUT2D eigenvalue weighted by molar-refractivity contribution is 5.44. The van der Waals surface area contributed by atoms with Crippen LogP contribution in [0.1, 0.15) is 30.7 Å². The van der Waals surface area contributed by atoms with Gasteiger partial charge in [-0.05, 0) is 32.4 Å². The van der Waals surface area contributed by atoms with Crippen molar-refractivity contribution in [2.45, 2.75) is 30.8 Å². The second kappa shape index (κ2) is 6.29. The van der Waals surface area contributed by atoms with E-state index in [1.165, 1.54) is 0 Å². The number of hydrogen-bond acceptors (Lipinski definition) is 4. The quantitative estimate of drug-likeness (QED) is 0.722. The van der Waals surface area contributed by atoms with Gasteiger partial charge in [0.25, 0.3) is 0 Å². The molecule has 0 saturated carbocycles. The van der Waals surface area contributed by atoms with E-state index in [2.05, 4.69) is 5.32 Å². The van der Waals surface area contributed by atoms with E-state index in [1.807, 2.05) is 31.3 Å². The van der Waals surface area contributed by atoms with Crippen LogP contribution in [0.3, 0.4) is 0 Å². The van der Waals surface area contributed by atoms with Crippen LogP contribution < -0.4 is 10.1 Å². The minimum Gasteiger partial charge on any atom is -0.508 e. The molecule has 0 radical (unpaired) electrons. The van der Waals surface area contributed by atoms with Gasteiger partial charge in [0.15, 0.2) is 0 Å². The number of hydrogen-bond donors (Lipinski definition) is 3. The van der Waals surface area contributed by atoms with Crippen molar-refractivity contribution < 1.29 is 14.9 Å². The van der Waals surface area contributed by atoms with Gasteiger partial charge in [-0.25, -0.2) is 0 Å².